The monoisotopic (exact) mass is 505 g/mol. The molecular weight excluding hydrogens is 478 g/mol. The summed E-state index contributed by atoms with van der Waals surface area (Å²) < 4.78 is 1.50. The molecule has 36 heavy (non-hydrogen) atoms. The summed E-state index contributed by atoms with van der Waals surface area (Å²) in [5, 5.41) is 5.70. The first kappa shape index (κ1) is 23.2. The molecule has 0 spiro atoms. The van der Waals surface area contributed by atoms with Crippen molar-refractivity contribution in [3.8, 4) is 0 Å². The van der Waals surface area contributed by atoms with E-state index in [1.807, 2.05) is 31.2 Å². The maximum Gasteiger partial charge on any atom is 0.269 e. The maximum atomic E-state index is 13.5. The molecule has 2 amide bonds. The molecule has 3 aromatic rings. The molecule has 5 atom stereocenters. The second-order valence-electron chi connectivity index (χ2n) is 10.3. The van der Waals surface area contributed by atoms with E-state index in [4.69, 9.17) is 17.3 Å². The predicted molar refractivity (Wildman–Crippen MR) is 134 cm³/mol. The van der Waals surface area contributed by atoms with Crippen LogP contribution in [0, 0.1) is 11.8 Å². The first-order chi connectivity index (χ1) is 17.4. The van der Waals surface area contributed by atoms with Gasteiger partial charge in [-0.3, -0.25) is 24.0 Å². The standard InChI is InChI=1S/C27H28ClN5O3/c1-2-16-11-19-23(12-30-16)32(31-26(19)27(29)36)13-25(35)33-21-8-15(21)9-22(33)24(34)10-14-7-18(14)17-5-3-4-6-20(17)28/h3-6,11-12,14-15,18,21-22H,2,7-10,13H2,1H3,(H2,29,36)/t14-,15+,18+,21+,22-/m0/s1. The molecule has 9 heteroatoms. The number of nitrogens with zero attached hydrogens (tertiary/aromatic N) is 4. The van der Waals surface area contributed by atoms with Gasteiger partial charge in [-0.2, -0.15) is 5.10 Å². The van der Waals surface area contributed by atoms with Gasteiger partial charge in [0.25, 0.3) is 5.91 Å². The largest absolute Gasteiger partial charge is 0.364 e. The number of ketones is 1. The minimum absolute atomic E-state index is 0.0599. The van der Waals surface area contributed by atoms with Gasteiger partial charge in [0.05, 0.1) is 17.8 Å². The van der Waals surface area contributed by atoms with Gasteiger partial charge in [-0.25, -0.2) is 0 Å². The molecule has 8 nitrogen and oxygen atoms in total. The molecule has 3 aliphatic rings. The minimum Gasteiger partial charge on any atom is -0.364 e. The fourth-order valence-corrected chi connectivity index (χ4v) is 6.22. The molecule has 0 unspecified atom stereocenters. The Labute approximate surface area is 213 Å². The van der Waals surface area contributed by atoms with Gasteiger partial charge in [0.15, 0.2) is 11.5 Å². The topological polar surface area (TPSA) is 111 Å². The molecule has 2 aliphatic carbocycles. The van der Waals surface area contributed by atoms with Crippen LogP contribution in [0.3, 0.4) is 0 Å². The molecule has 1 aromatic carbocycles. The van der Waals surface area contributed by atoms with Gasteiger partial charge in [-0.05, 0) is 61.1 Å². The molecule has 186 valence electrons. The van der Waals surface area contributed by atoms with Crippen LogP contribution in [0.15, 0.2) is 36.5 Å². The number of halogens is 1. The Morgan fingerprint density at radius 2 is 1.97 bits per heavy atom. The van der Waals surface area contributed by atoms with Gasteiger partial charge < -0.3 is 10.6 Å². The van der Waals surface area contributed by atoms with Gasteiger partial charge in [-0.1, -0.05) is 36.7 Å². The van der Waals surface area contributed by atoms with Gasteiger partial charge in [0, 0.05) is 28.6 Å². The lowest BCUT2D eigenvalue weighted by Gasteiger charge is -2.27. The molecule has 3 heterocycles. The minimum atomic E-state index is -0.645. The zero-order valence-electron chi connectivity index (χ0n) is 20.1. The lowest BCUT2D eigenvalue weighted by molar-refractivity contribution is -0.139. The number of primary amides is 1. The highest BCUT2D eigenvalue weighted by Gasteiger charge is 2.56. The van der Waals surface area contributed by atoms with Crippen molar-refractivity contribution in [2.75, 3.05) is 0 Å². The third-order valence-electron chi connectivity index (χ3n) is 8.03. The van der Waals surface area contributed by atoms with Crippen LogP contribution >= 0.6 is 11.6 Å². The Morgan fingerprint density at radius 1 is 1.17 bits per heavy atom. The zero-order valence-corrected chi connectivity index (χ0v) is 20.8. The number of Topliss-reactive ketones (excluding diaryl/α,β-unsaturated/α-hetero) is 1. The number of nitrogens with two attached hydrogens (primary N) is 1. The number of aromatic nitrogens is 3. The highest BCUT2D eigenvalue weighted by molar-refractivity contribution is 6.31. The van der Waals surface area contributed by atoms with E-state index in [1.165, 1.54) is 4.68 Å². The SMILES string of the molecule is CCc1cc2c(C(N)=O)nn(CC(=O)N3[C@@H]4C[C@@H]4C[C@H]3C(=O)C[C@@H]3C[C@H]3c3ccccc3Cl)c2cn1. The van der Waals surface area contributed by atoms with Crippen molar-refractivity contribution >= 4 is 40.1 Å². The lowest BCUT2D eigenvalue weighted by Crippen LogP contribution is -2.44. The summed E-state index contributed by atoms with van der Waals surface area (Å²) in [6.45, 7) is 1.91. The molecule has 2 saturated carbocycles. The number of hydrogen-bond acceptors (Lipinski definition) is 5. The number of benzene rings is 1. The fourth-order valence-electron chi connectivity index (χ4n) is 5.95. The number of fused-ring (bicyclic) bond motifs is 2. The Bertz CT molecular complexity index is 1400. The van der Waals surface area contributed by atoms with Crippen molar-refractivity contribution in [3.05, 3.63) is 58.5 Å². The third kappa shape index (κ3) is 3.97. The summed E-state index contributed by atoms with van der Waals surface area (Å²) in [6, 6.07) is 9.34. The van der Waals surface area contributed by atoms with Crippen LogP contribution in [-0.4, -0.2) is 49.3 Å². The molecule has 6 rings (SSSR count). The summed E-state index contributed by atoms with van der Waals surface area (Å²) in [6.07, 6.45) is 5.42. The zero-order chi connectivity index (χ0) is 25.1. The highest BCUT2D eigenvalue weighted by atomic mass is 35.5. The average Bonchev–Trinajstić information content (AvgIpc) is 3.74. The summed E-state index contributed by atoms with van der Waals surface area (Å²) >= 11 is 6.36. The lowest BCUT2D eigenvalue weighted by atomic mass is 10.00. The van der Waals surface area contributed by atoms with E-state index in [2.05, 4.69) is 10.1 Å². The predicted octanol–water partition coefficient (Wildman–Crippen LogP) is 3.50. The molecule has 3 fully saturated rings. The van der Waals surface area contributed by atoms with Crippen LogP contribution in [0.2, 0.25) is 5.02 Å². The van der Waals surface area contributed by atoms with E-state index in [0.717, 1.165) is 35.5 Å². The van der Waals surface area contributed by atoms with Crippen LogP contribution < -0.4 is 5.73 Å². The van der Waals surface area contributed by atoms with Gasteiger partial charge >= 0.3 is 0 Å². The Kier molecular flexibility index (Phi) is 5.59. The summed E-state index contributed by atoms with van der Waals surface area (Å²) in [5.41, 5.74) is 8.20. The number of rotatable bonds is 8. The molecule has 1 saturated heterocycles. The Balaban J connectivity index is 1.18. The van der Waals surface area contributed by atoms with Crippen molar-refractivity contribution in [1.29, 1.82) is 0 Å². The van der Waals surface area contributed by atoms with Gasteiger partial charge in [0.1, 0.15) is 6.54 Å². The number of likely N-dealkylation sites (tertiary alicyclic amines) is 1. The first-order valence-electron chi connectivity index (χ1n) is 12.6. The van der Waals surface area contributed by atoms with Crippen LogP contribution in [0.25, 0.3) is 10.9 Å². The molecule has 2 aromatic heterocycles. The summed E-state index contributed by atoms with van der Waals surface area (Å²) in [5.74, 6) is 0.313. The molecule has 1 aliphatic heterocycles. The van der Waals surface area contributed by atoms with E-state index in [1.54, 1.807) is 17.2 Å². The van der Waals surface area contributed by atoms with E-state index >= 15 is 0 Å². The fraction of sp³-hybridized carbons (Fsp3) is 0.444. The van der Waals surface area contributed by atoms with Gasteiger partial charge in [0.2, 0.25) is 5.91 Å². The average molecular weight is 506 g/mol. The normalized spacial score (nSPS) is 26.2. The summed E-state index contributed by atoms with van der Waals surface area (Å²) in [7, 11) is 0. The number of carbonyl (C=O) groups excluding carboxylic acids is 3. The first-order valence-corrected chi connectivity index (χ1v) is 13.0. The van der Waals surface area contributed by atoms with Crippen molar-refractivity contribution in [2.45, 2.75) is 63.6 Å². The van der Waals surface area contributed by atoms with Crippen LogP contribution in [0.1, 0.15) is 60.3 Å². The molecule has 0 radical (unpaired) electrons. The second kappa shape index (κ2) is 8.69. The van der Waals surface area contributed by atoms with Crippen LogP contribution in [0.4, 0.5) is 0 Å². The number of amides is 2. The third-order valence-corrected chi connectivity index (χ3v) is 8.37. The van der Waals surface area contributed by atoms with E-state index in [0.29, 0.717) is 35.6 Å². The number of pyridine rings is 1. The number of carbonyl (C=O) groups is 3. The van der Waals surface area contributed by atoms with Crippen molar-refractivity contribution in [2.24, 2.45) is 17.6 Å². The smallest absolute Gasteiger partial charge is 0.269 e. The molecule has 0 bridgehead atoms. The highest BCUT2D eigenvalue weighted by Crippen LogP contribution is 2.53. The van der Waals surface area contributed by atoms with Gasteiger partial charge in [-0.15, -0.1) is 0 Å². The number of aryl methyl sites for hydroxylation is 1. The molecule has 2 N–H and O–H groups in total. The quantitative estimate of drug-likeness (QED) is 0.503. The number of hydrogen-bond donors (Lipinski definition) is 1. The Morgan fingerprint density at radius 3 is 2.72 bits per heavy atom. The van der Waals surface area contributed by atoms with Crippen molar-refractivity contribution in [3.63, 3.8) is 0 Å². The van der Waals surface area contributed by atoms with Crippen molar-refractivity contribution < 1.29 is 14.4 Å². The van der Waals surface area contributed by atoms with Crippen LogP contribution in [-0.2, 0) is 22.6 Å². The number of piperidine rings is 1. The van der Waals surface area contributed by atoms with E-state index in [-0.39, 0.29) is 35.9 Å². The Hall–Kier alpha value is -3.26. The maximum absolute atomic E-state index is 13.5. The van der Waals surface area contributed by atoms with Crippen molar-refractivity contribution in [1.82, 2.24) is 19.7 Å². The van der Waals surface area contributed by atoms with E-state index in [9.17, 15) is 14.4 Å². The summed E-state index contributed by atoms with van der Waals surface area (Å²) in [4.78, 5) is 45.0. The van der Waals surface area contributed by atoms with E-state index < -0.39 is 11.9 Å². The molecular formula is C27H28ClN5O3. The van der Waals surface area contributed by atoms with Crippen LogP contribution in [0.5, 0.6) is 0 Å². The second-order valence-corrected chi connectivity index (χ2v) is 10.7.